The predicted molar refractivity (Wildman–Crippen MR) is 78.4 cm³/mol. The summed E-state index contributed by atoms with van der Waals surface area (Å²) in [6.07, 6.45) is 2.67. The molecule has 0 heterocycles. The Balaban J connectivity index is 1.94. The fourth-order valence-corrected chi connectivity index (χ4v) is 1.57. The summed E-state index contributed by atoms with van der Waals surface area (Å²) in [5, 5.41) is 0. The van der Waals surface area contributed by atoms with E-state index in [-0.39, 0.29) is 0 Å². The Morgan fingerprint density at radius 3 is 2.06 bits per heavy atom. The Bertz CT molecular complexity index is 528. The molecule has 0 spiro atoms. The van der Waals surface area contributed by atoms with E-state index in [0.717, 1.165) is 23.5 Å². The smallest absolute Gasteiger partial charge is 0.0629 e. The van der Waals surface area contributed by atoms with Crippen LogP contribution in [-0.2, 0) is 0 Å². The fraction of sp³-hybridized carbons (Fsp3) is 0.125. The van der Waals surface area contributed by atoms with E-state index < -0.39 is 0 Å². The molecule has 0 saturated heterocycles. The van der Waals surface area contributed by atoms with E-state index in [0.29, 0.717) is 0 Å². The lowest BCUT2D eigenvalue weighted by Gasteiger charge is -1.96. The molecule has 0 aliphatic carbocycles. The molecule has 2 aromatic carbocycles. The number of para-hydroxylation sites is 2. The van der Waals surface area contributed by atoms with E-state index in [1.54, 1.807) is 0 Å². The van der Waals surface area contributed by atoms with E-state index in [9.17, 15) is 0 Å². The maximum absolute atomic E-state index is 4.52. The number of aliphatic imine (C=N–C) groups is 2. The summed E-state index contributed by atoms with van der Waals surface area (Å²) in [4.78, 5) is 8.90. The van der Waals surface area contributed by atoms with Crippen LogP contribution in [0.25, 0.3) is 0 Å². The lowest BCUT2D eigenvalue weighted by molar-refractivity contribution is 1.42. The lowest BCUT2D eigenvalue weighted by atomic mass is 10.3. The Labute approximate surface area is 108 Å². The van der Waals surface area contributed by atoms with Crippen LogP contribution in [-0.4, -0.2) is 11.9 Å². The molecule has 2 heteroatoms. The first-order chi connectivity index (χ1) is 8.84. The summed E-state index contributed by atoms with van der Waals surface area (Å²) in [7, 11) is 0. The van der Waals surface area contributed by atoms with Crippen molar-refractivity contribution in [1.29, 1.82) is 0 Å². The van der Waals surface area contributed by atoms with E-state index in [4.69, 9.17) is 0 Å². The van der Waals surface area contributed by atoms with Crippen molar-refractivity contribution in [1.82, 2.24) is 0 Å². The normalized spacial score (nSPS) is 11.9. The monoisotopic (exact) mass is 236 g/mol. The Morgan fingerprint density at radius 2 is 1.44 bits per heavy atom. The predicted octanol–water partition coefficient (Wildman–Crippen LogP) is 4.57. The molecule has 0 aliphatic heterocycles. The minimum atomic E-state index is 0.768. The maximum Gasteiger partial charge on any atom is 0.0629 e. The van der Waals surface area contributed by atoms with Gasteiger partial charge in [0.15, 0.2) is 0 Å². The summed E-state index contributed by atoms with van der Waals surface area (Å²) in [5.74, 6) is 0. The first-order valence-corrected chi connectivity index (χ1v) is 6.01. The molecule has 18 heavy (non-hydrogen) atoms. The van der Waals surface area contributed by atoms with Gasteiger partial charge in [0, 0.05) is 18.3 Å². The second kappa shape index (κ2) is 6.50. The van der Waals surface area contributed by atoms with E-state index in [1.165, 1.54) is 0 Å². The minimum absolute atomic E-state index is 0.768. The van der Waals surface area contributed by atoms with Gasteiger partial charge in [0.2, 0.25) is 0 Å². The first-order valence-electron chi connectivity index (χ1n) is 6.01. The number of rotatable bonds is 4. The number of nitrogens with zero attached hydrogens (tertiary/aromatic N) is 2. The summed E-state index contributed by atoms with van der Waals surface area (Å²) in [6.45, 7) is 2.02. The van der Waals surface area contributed by atoms with Crippen molar-refractivity contribution in [2.45, 2.75) is 13.3 Å². The number of hydrogen-bond donors (Lipinski definition) is 0. The van der Waals surface area contributed by atoms with Crippen molar-refractivity contribution in [3.8, 4) is 0 Å². The maximum atomic E-state index is 4.52. The zero-order valence-corrected chi connectivity index (χ0v) is 10.5. The fourth-order valence-electron chi connectivity index (χ4n) is 1.57. The Morgan fingerprint density at radius 1 is 0.889 bits per heavy atom. The third kappa shape index (κ3) is 3.98. The summed E-state index contributed by atoms with van der Waals surface area (Å²) >= 11 is 0. The summed E-state index contributed by atoms with van der Waals surface area (Å²) in [5.41, 5.74) is 3.02. The molecule has 0 aliphatic rings. The van der Waals surface area contributed by atoms with Gasteiger partial charge in [-0.05, 0) is 31.2 Å². The van der Waals surface area contributed by atoms with Gasteiger partial charge >= 0.3 is 0 Å². The third-order valence-electron chi connectivity index (χ3n) is 2.46. The SMILES string of the molecule is CC(CC=Nc1ccccc1)=Nc1ccccc1. The van der Waals surface area contributed by atoms with Crippen molar-refractivity contribution in [2.75, 3.05) is 0 Å². The number of benzene rings is 2. The molecule has 90 valence electrons. The molecular formula is C16H16N2. The van der Waals surface area contributed by atoms with Gasteiger partial charge in [-0.2, -0.15) is 0 Å². The first kappa shape index (κ1) is 12.2. The average molecular weight is 236 g/mol. The Hall–Kier alpha value is -2.22. The van der Waals surface area contributed by atoms with Gasteiger partial charge in [-0.15, -0.1) is 0 Å². The van der Waals surface area contributed by atoms with Crippen molar-refractivity contribution >= 4 is 23.3 Å². The van der Waals surface area contributed by atoms with Crippen molar-refractivity contribution in [2.24, 2.45) is 9.98 Å². The largest absolute Gasteiger partial charge is 0.261 e. The van der Waals surface area contributed by atoms with Crippen LogP contribution in [0.3, 0.4) is 0 Å². The van der Waals surface area contributed by atoms with Gasteiger partial charge in [0.1, 0.15) is 0 Å². The molecule has 0 bridgehead atoms. The van der Waals surface area contributed by atoms with E-state index in [1.807, 2.05) is 73.8 Å². The molecule has 0 unspecified atom stereocenters. The molecule has 0 aromatic heterocycles. The average Bonchev–Trinajstić information content (AvgIpc) is 2.41. The van der Waals surface area contributed by atoms with Gasteiger partial charge in [-0.3, -0.25) is 9.98 Å². The van der Waals surface area contributed by atoms with Gasteiger partial charge in [0.05, 0.1) is 11.4 Å². The topological polar surface area (TPSA) is 24.7 Å². The van der Waals surface area contributed by atoms with Crippen LogP contribution in [0.1, 0.15) is 13.3 Å². The van der Waals surface area contributed by atoms with Crippen molar-refractivity contribution < 1.29 is 0 Å². The molecule has 2 nitrogen and oxygen atoms in total. The van der Waals surface area contributed by atoms with Crippen LogP contribution in [0.2, 0.25) is 0 Å². The van der Waals surface area contributed by atoms with Crippen LogP contribution < -0.4 is 0 Å². The standard InChI is InChI=1S/C16H16N2/c1-14(18-16-10-6-3-7-11-16)12-13-17-15-8-4-2-5-9-15/h2-11,13H,12H2,1H3. The van der Waals surface area contributed by atoms with Gasteiger partial charge in [-0.25, -0.2) is 0 Å². The lowest BCUT2D eigenvalue weighted by Crippen LogP contribution is -1.90. The van der Waals surface area contributed by atoms with E-state index in [2.05, 4.69) is 9.98 Å². The highest BCUT2D eigenvalue weighted by Gasteiger charge is 1.91. The number of hydrogen-bond acceptors (Lipinski definition) is 2. The molecule has 0 N–H and O–H groups in total. The molecule has 0 fully saturated rings. The van der Waals surface area contributed by atoms with Crippen LogP contribution in [0.4, 0.5) is 11.4 Å². The minimum Gasteiger partial charge on any atom is -0.261 e. The Kier molecular flexibility index (Phi) is 4.42. The molecule has 2 rings (SSSR count). The zero-order valence-electron chi connectivity index (χ0n) is 10.5. The second-order valence-corrected chi connectivity index (χ2v) is 4.03. The summed E-state index contributed by atoms with van der Waals surface area (Å²) in [6, 6.07) is 19.9. The van der Waals surface area contributed by atoms with Crippen molar-refractivity contribution in [3.63, 3.8) is 0 Å². The van der Waals surface area contributed by atoms with Crippen LogP contribution in [0.15, 0.2) is 70.6 Å². The molecule has 0 saturated carbocycles. The second-order valence-electron chi connectivity index (χ2n) is 4.03. The highest BCUT2D eigenvalue weighted by molar-refractivity contribution is 5.95. The van der Waals surface area contributed by atoms with Gasteiger partial charge in [-0.1, -0.05) is 36.4 Å². The quantitative estimate of drug-likeness (QED) is 0.695. The molecular weight excluding hydrogens is 220 g/mol. The molecule has 2 aromatic rings. The highest BCUT2D eigenvalue weighted by atomic mass is 14.8. The van der Waals surface area contributed by atoms with E-state index >= 15 is 0 Å². The molecule has 0 atom stereocenters. The van der Waals surface area contributed by atoms with Gasteiger partial charge in [0.25, 0.3) is 0 Å². The van der Waals surface area contributed by atoms with Crippen LogP contribution in [0, 0.1) is 0 Å². The third-order valence-corrected chi connectivity index (χ3v) is 2.46. The molecule has 0 amide bonds. The van der Waals surface area contributed by atoms with Gasteiger partial charge < -0.3 is 0 Å². The summed E-state index contributed by atoms with van der Waals surface area (Å²) < 4.78 is 0. The van der Waals surface area contributed by atoms with Crippen LogP contribution in [0.5, 0.6) is 0 Å². The van der Waals surface area contributed by atoms with Crippen LogP contribution >= 0.6 is 0 Å². The highest BCUT2D eigenvalue weighted by Crippen LogP contribution is 2.11. The van der Waals surface area contributed by atoms with Crippen molar-refractivity contribution in [3.05, 3.63) is 60.7 Å². The zero-order chi connectivity index (χ0) is 12.6. The molecule has 0 radical (unpaired) electrons.